The van der Waals surface area contributed by atoms with E-state index in [2.05, 4.69) is 20.2 Å². The third kappa shape index (κ3) is 3.03. The molecule has 0 spiro atoms. The molecule has 0 unspecified atom stereocenters. The number of carbonyl (C=O) groups excluding carboxylic acids is 1. The minimum Gasteiger partial charge on any atom is -0.352 e. The van der Waals surface area contributed by atoms with Gasteiger partial charge in [0, 0.05) is 23.0 Å². The minimum atomic E-state index is -0.108. The number of amides is 1. The zero-order chi connectivity index (χ0) is 20.0. The van der Waals surface area contributed by atoms with Crippen LogP contribution in [-0.4, -0.2) is 33.1 Å². The van der Waals surface area contributed by atoms with Crippen LogP contribution in [0.5, 0.6) is 0 Å². The van der Waals surface area contributed by atoms with Crippen LogP contribution in [0.25, 0.3) is 33.3 Å². The maximum Gasteiger partial charge on any atom is 0.259 e. The maximum atomic E-state index is 12.7. The fourth-order valence-electron chi connectivity index (χ4n) is 3.39. The van der Waals surface area contributed by atoms with Crippen molar-refractivity contribution in [3.8, 4) is 11.4 Å². The van der Waals surface area contributed by atoms with Crippen molar-refractivity contribution in [3.05, 3.63) is 77.3 Å². The lowest BCUT2D eigenvalue weighted by molar-refractivity contribution is 0.0992. The van der Waals surface area contributed by atoms with Gasteiger partial charge in [-0.05, 0) is 48.5 Å². The van der Waals surface area contributed by atoms with E-state index in [1.54, 1.807) is 24.1 Å². The molecule has 2 N–H and O–H groups in total. The second-order valence-corrected chi connectivity index (χ2v) is 7.21. The first-order chi connectivity index (χ1) is 14.1. The van der Waals surface area contributed by atoms with Gasteiger partial charge in [-0.1, -0.05) is 29.8 Å². The molecule has 0 aliphatic rings. The molecule has 3 heterocycles. The van der Waals surface area contributed by atoms with Crippen molar-refractivity contribution in [1.29, 1.82) is 0 Å². The number of nitrogens with zero attached hydrogens (tertiary/aromatic N) is 3. The van der Waals surface area contributed by atoms with Gasteiger partial charge in [-0.3, -0.25) is 14.8 Å². The van der Waals surface area contributed by atoms with Crippen LogP contribution in [0, 0.1) is 0 Å². The molecule has 0 aliphatic heterocycles. The van der Waals surface area contributed by atoms with Crippen molar-refractivity contribution in [2.24, 2.45) is 0 Å². The van der Waals surface area contributed by atoms with Crippen molar-refractivity contribution in [3.63, 3.8) is 0 Å². The van der Waals surface area contributed by atoms with Crippen LogP contribution >= 0.6 is 11.6 Å². The summed E-state index contributed by atoms with van der Waals surface area (Å²) in [5.74, 6) is 0.471. The number of rotatable bonds is 3. The van der Waals surface area contributed by atoms with Crippen molar-refractivity contribution in [1.82, 2.24) is 20.2 Å². The molecule has 6 nitrogen and oxygen atoms in total. The SMILES string of the molecule is CN(C(=O)c1ccccc1)c1ccc2[nH]c(-c3n[nH]c4cc(Cl)ccc34)cc2n1. The second-order valence-electron chi connectivity index (χ2n) is 6.78. The highest BCUT2D eigenvalue weighted by atomic mass is 35.5. The normalized spacial score (nSPS) is 11.2. The van der Waals surface area contributed by atoms with E-state index in [0.717, 1.165) is 33.3 Å². The molecule has 0 bridgehead atoms. The summed E-state index contributed by atoms with van der Waals surface area (Å²) in [5, 5.41) is 9.05. The highest BCUT2D eigenvalue weighted by Crippen LogP contribution is 2.30. The molecule has 7 heteroatoms. The lowest BCUT2D eigenvalue weighted by atomic mass is 10.2. The van der Waals surface area contributed by atoms with Gasteiger partial charge in [0.05, 0.1) is 22.2 Å². The molecule has 0 saturated carbocycles. The first kappa shape index (κ1) is 17.5. The fraction of sp³-hybridized carbons (Fsp3) is 0.0455. The number of anilines is 1. The number of halogens is 1. The Morgan fingerprint density at radius 3 is 2.66 bits per heavy atom. The number of aromatic amines is 2. The zero-order valence-corrected chi connectivity index (χ0v) is 16.2. The molecular weight excluding hydrogens is 386 g/mol. The summed E-state index contributed by atoms with van der Waals surface area (Å²) in [7, 11) is 1.72. The van der Waals surface area contributed by atoms with Gasteiger partial charge < -0.3 is 4.98 Å². The number of pyridine rings is 1. The van der Waals surface area contributed by atoms with E-state index in [0.29, 0.717) is 16.4 Å². The van der Waals surface area contributed by atoms with Crippen LogP contribution in [0.15, 0.2) is 66.7 Å². The van der Waals surface area contributed by atoms with E-state index in [1.807, 2.05) is 54.6 Å². The molecular formula is C22H16ClN5O. The quantitative estimate of drug-likeness (QED) is 0.444. The molecule has 0 atom stereocenters. The molecule has 29 heavy (non-hydrogen) atoms. The van der Waals surface area contributed by atoms with Gasteiger partial charge in [-0.25, -0.2) is 4.98 Å². The summed E-state index contributed by atoms with van der Waals surface area (Å²) in [6.45, 7) is 0. The van der Waals surface area contributed by atoms with Crippen LogP contribution in [0.1, 0.15) is 10.4 Å². The van der Waals surface area contributed by atoms with E-state index in [4.69, 9.17) is 11.6 Å². The molecule has 142 valence electrons. The Morgan fingerprint density at radius 1 is 1.00 bits per heavy atom. The van der Waals surface area contributed by atoms with Gasteiger partial charge in [0.1, 0.15) is 11.5 Å². The predicted molar refractivity (Wildman–Crippen MR) is 115 cm³/mol. The largest absolute Gasteiger partial charge is 0.352 e. The van der Waals surface area contributed by atoms with Gasteiger partial charge in [-0.15, -0.1) is 0 Å². The molecule has 5 aromatic rings. The fourth-order valence-corrected chi connectivity index (χ4v) is 3.56. The van der Waals surface area contributed by atoms with Gasteiger partial charge in [-0.2, -0.15) is 5.10 Å². The smallest absolute Gasteiger partial charge is 0.259 e. The van der Waals surface area contributed by atoms with Crippen LogP contribution < -0.4 is 4.90 Å². The van der Waals surface area contributed by atoms with Gasteiger partial charge in [0.2, 0.25) is 0 Å². The Bertz CT molecular complexity index is 1360. The molecule has 0 radical (unpaired) electrons. The maximum absolute atomic E-state index is 12.7. The number of carbonyl (C=O) groups is 1. The summed E-state index contributed by atoms with van der Waals surface area (Å²) in [4.78, 5) is 22.3. The third-order valence-electron chi connectivity index (χ3n) is 4.91. The highest BCUT2D eigenvalue weighted by Gasteiger charge is 2.16. The van der Waals surface area contributed by atoms with Crippen molar-refractivity contribution in [2.45, 2.75) is 0 Å². The minimum absolute atomic E-state index is 0.108. The van der Waals surface area contributed by atoms with Gasteiger partial charge in [0.15, 0.2) is 0 Å². The number of fused-ring (bicyclic) bond motifs is 2. The Kier molecular flexibility index (Phi) is 4.07. The lowest BCUT2D eigenvalue weighted by Gasteiger charge is -2.16. The molecule has 1 amide bonds. The van der Waals surface area contributed by atoms with Crippen LogP contribution in [0.4, 0.5) is 5.82 Å². The molecule has 0 aliphatic carbocycles. The topological polar surface area (TPSA) is 77.7 Å². The second kappa shape index (κ2) is 6.76. The summed E-state index contributed by atoms with van der Waals surface area (Å²) in [6, 6.07) is 20.5. The van der Waals surface area contributed by atoms with Gasteiger partial charge >= 0.3 is 0 Å². The first-order valence-corrected chi connectivity index (χ1v) is 9.45. The summed E-state index contributed by atoms with van der Waals surface area (Å²) in [5.41, 5.74) is 4.76. The number of hydrogen-bond acceptors (Lipinski definition) is 3. The monoisotopic (exact) mass is 401 g/mol. The summed E-state index contributed by atoms with van der Waals surface area (Å²) in [6.07, 6.45) is 0. The van der Waals surface area contributed by atoms with E-state index < -0.39 is 0 Å². The zero-order valence-electron chi connectivity index (χ0n) is 15.5. The Hall–Kier alpha value is -3.64. The van der Waals surface area contributed by atoms with E-state index in [-0.39, 0.29) is 5.91 Å². The van der Waals surface area contributed by atoms with Crippen LogP contribution in [0.3, 0.4) is 0 Å². The van der Waals surface area contributed by atoms with Crippen LogP contribution in [-0.2, 0) is 0 Å². The van der Waals surface area contributed by atoms with Crippen LogP contribution in [0.2, 0.25) is 5.02 Å². The molecule has 3 aromatic heterocycles. The average Bonchev–Trinajstić information content (AvgIpc) is 3.36. The Labute approximate surface area is 171 Å². The number of hydrogen-bond donors (Lipinski definition) is 2. The standard InChI is InChI=1S/C22H16ClN5O/c1-28(22(29)13-5-3-2-4-6-13)20-10-9-16-18(25-20)12-19(24-16)21-15-8-7-14(23)11-17(15)26-27-21/h2-12,24H,1H3,(H,26,27). The Morgan fingerprint density at radius 2 is 1.83 bits per heavy atom. The highest BCUT2D eigenvalue weighted by molar-refractivity contribution is 6.31. The number of H-pyrrole nitrogens is 2. The first-order valence-electron chi connectivity index (χ1n) is 9.07. The summed E-state index contributed by atoms with van der Waals surface area (Å²) >= 11 is 6.06. The number of benzene rings is 2. The van der Waals surface area contributed by atoms with Gasteiger partial charge in [0.25, 0.3) is 5.91 Å². The molecule has 2 aromatic carbocycles. The van der Waals surface area contributed by atoms with Crippen molar-refractivity contribution < 1.29 is 4.79 Å². The third-order valence-corrected chi connectivity index (χ3v) is 5.14. The molecule has 0 saturated heterocycles. The molecule has 5 rings (SSSR count). The van der Waals surface area contributed by atoms with Crippen molar-refractivity contribution >= 4 is 45.3 Å². The van der Waals surface area contributed by atoms with E-state index in [1.165, 1.54) is 0 Å². The summed E-state index contributed by atoms with van der Waals surface area (Å²) < 4.78 is 0. The predicted octanol–water partition coefficient (Wildman–Crippen LogP) is 5.04. The molecule has 0 fully saturated rings. The lowest BCUT2D eigenvalue weighted by Crippen LogP contribution is -2.26. The number of aromatic nitrogens is 4. The van der Waals surface area contributed by atoms with E-state index in [9.17, 15) is 4.79 Å². The van der Waals surface area contributed by atoms with E-state index >= 15 is 0 Å². The van der Waals surface area contributed by atoms with Crippen molar-refractivity contribution in [2.75, 3.05) is 11.9 Å². The average molecular weight is 402 g/mol. The number of nitrogens with one attached hydrogen (secondary N) is 2. The Balaban J connectivity index is 1.52.